The van der Waals surface area contributed by atoms with Crippen LogP contribution in [0, 0.1) is 0 Å². The van der Waals surface area contributed by atoms with E-state index in [9.17, 15) is 18.0 Å². The van der Waals surface area contributed by atoms with Crippen LogP contribution in [0.1, 0.15) is 6.42 Å². The molecule has 1 aromatic rings. The van der Waals surface area contributed by atoms with Gasteiger partial charge in [0.05, 0.1) is 6.42 Å². The van der Waals surface area contributed by atoms with Crippen molar-refractivity contribution in [3.63, 3.8) is 0 Å². The normalized spacial score (nSPS) is 11.1. The summed E-state index contributed by atoms with van der Waals surface area (Å²) in [6.45, 7) is -0.147. The van der Waals surface area contributed by atoms with E-state index in [2.05, 4.69) is 10.0 Å². The number of benzene rings is 1. The Morgan fingerprint density at radius 3 is 2.24 bits per heavy atom. The van der Waals surface area contributed by atoms with Crippen molar-refractivity contribution in [1.82, 2.24) is 4.31 Å². The molecule has 0 aliphatic carbocycles. The minimum atomic E-state index is -3.84. The molecule has 0 aromatic heterocycles. The van der Waals surface area contributed by atoms with Gasteiger partial charge >= 0.3 is 22.2 Å². The molecule has 9 nitrogen and oxygen atoms in total. The van der Waals surface area contributed by atoms with Crippen molar-refractivity contribution in [3.8, 4) is 0 Å². The third-order valence-corrected chi connectivity index (χ3v) is 3.95. The molecular weight excluding hydrogens is 300 g/mol. The maximum atomic E-state index is 11.9. The van der Waals surface area contributed by atoms with Crippen LogP contribution in [0.5, 0.6) is 0 Å². The predicted octanol–water partition coefficient (Wildman–Crippen LogP) is 0.240. The van der Waals surface area contributed by atoms with Gasteiger partial charge in [0.1, 0.15) is 0 Å². The molecule has 0 aliphatic heterocycles. The second-order valence-electron chi connectivity index (χ2n) is 4.14. The number of hydrogen-bond acceptors (Lipinski definition) is 4. The molecule has 0 saturated carbocycles. The van der Waals surface area contributed by atoms with Crippen LogP contribution in [0.3, 0.4) is 0 Å². The Kier molecular flexibility index (Phi) is 5.50. The number of nitrogens with zero attached hydrogens (tertiary/aromatic N) is 1. The molecule has 0 spiro atoms. The Morgan fingerprint density at radius 1 is 1.24 bits per heavy atom. The van der Waals surface area contributed by atoms with Gasteiger partial charge in [-0.15, -0.1) is 0 Å². The monoisotopic (exact) mass is 316 g/mol. The van der Waals surface area contributed by atoms with Gasteiger partial charge in [-0.2, -0.15) is 12.7 Å². The van der Waals surface area contributed by atoms with E-state index in [0.717, 1.165) is 4.31 Å². The van der Waals surface area contributed by atoms with Crippen LogP contribution in [0.25, 0.3) is 0 Å². The van der Waals surface area contributed by atoms with Crippen LogP contribution in [-0.2, 0) is 15.0 Å². The highest BCUT2D eigenvalue weighted by Gasteiger charge is 2.18. The number of hydrogen-bond donors (Lipinski definition) is 4. The van der Waals surface area contributed by atoms with Gasteiger partial charge in [0.15, 0.2) is 0 Å². The predicted molar refractivity (Wildman–Crippen MR) is 77.1 cm³/mol. The fourth-order valence-electron chi connectivity index (χ4n) is 1.36. The van der Waals surface area contributed by atoms with Gasteiger partial charge < -0.3 is 16.2 Å². The van der Waals surface area contributed by atoms with Gasteiger partial charge in [0, 0.05) is 25.0 Å². The van der Waals surface area contributed by atoms with Crippen LogP contribution in [0.15, 0.2) is 24.3 Å². The molecule has 0 saturated heterocycles. The quantitative estimate of drug-likeness (QED) is 0.570. The first-order valence-electron chi connectivity index (χ1n) is 5.83. The zero-order chi connectivity index (χ0) is 16.0. The number of nitrogens with two attached hydrogens (primary N) is 1. The lowest BCUT2D eigenvalue weighted by atomic mass is 10.3. The summed E-state index contributed by atoms with van der Waals surface area (Å²) in [5.41, 5.74) is 5.64. The summed E-state index contributed by atoms with van der Waals surface area (Å²) < 4.78 is 27.0. The number of carboxylic acids is 1. The first-order valence-corrected chi connectivity index (χ1v) is 7.27. The number of carbonyl (C=O) groups is 2. The molecule has 2 amide bonds. The molecule has 10 heteroatoms. The molecule has 0 heterocycles. The lowest BCUT2D eigenvalue weighted by molar-refractivity contribution is -0.137. The topological polar surface area (TPSA) is 142 Å². The van der Waals surface area contributed by atoms with Gasteiger partial charge in [-0.05, 0) is 24.3 Å². The number of amides is 2. The van der Waals surface area contributed by atoms with E-state index in [1.54, 1.807) is 0 Å². The van der Waals surface area contributed by atoms with Crippen molar-refractivity contribution in [3.05, 3.63) is 24.3 Å². The fraction of sp³-hybridized carbons (Fsp3) is 0.273. The second-order valence-corrected chi connectivity index (χ2v) is 5.92. The molecule has 0 atom stereocenters. The second kappa shape index (κ2) is 6.90. The van der Waals surface area contributed by atoms with Crippen LogP contribution in [0.4, 0.5) is 16.2 Å². The first kappa shape index (κ1) is 16.7. The Balaban J connectivity index is 2.70. The summed E-state index contributed by atoms with van der Waals surface area (Å²) >= 11 is 0. The van der Waals surface area contributed by atoms with E-state index < -0.39 is 22.2 Å². The van der Waals surface area contributed by atoms with Crippen molar-refractivity contribution < 1.29 is 23.1 Å². The zero-order valence-corrected chi connectivity index (χ0v) is 12.1. The smallest absolute Gasteiger partial charge is 0.316 e. The lowest BCUT2D eigenvalue weighted by Gasteiger charge is -2.17. The summed E-state index contributed by atoms with van der Waals surface area (Å²) in [5.74, 6) is -1.08. The molecule has 1 aromatic carbocycles. The van der Waals surface area contributed by atoms with Gasteiger partial charge in [-0.25, -0.2) is 4.79 Å². The summed E-state index contributed by atoms with van der Waals surface area (Å²) in [7, 11) is -2.56. The minimum Gasteiger partial charge on any atom is -0.481 e. The van der Waals surface area contributed by atoms with Crippen LogP contribution in [0.2, 0.25) is 0 Å². The number of rotatable bonds is 7. The van der Waals surface area contributed by atoms with Gasteiger partial charge in [-0.3, -0.25) is 9.52 Å². The minimum absolute atomic E-state index is 0.147. The number of aliphatic carboxylic acids is 1. The summed E-state index contributed by atoms with van der Waals surface area (Å²) in [6.07, 6.45) is -0.293. The Morgan fingerprint density at radius 2 is 1.76 bits per heavy atom. The SMILES string of the molecule is CN(CCC(=O)O)S(=O)(=O)Nc1ccc(NC(N)=O)cc1. The van der Waals surface area contributed by atoms with Gasteiger partial charge in [0.25, 0.3) is 0 Å². The van der Waals surface area contributed by atoms with E-state index in [0.29, 0.717) is 5.69 Å². The number of carbonyl (C=O) groups excluding carboxylic acids is 1. The molecule has 1 rings (SSSR count). The highest BCUT2D eigenvalue weighted by Crippen LogP contribution is 2.15. The Hall–Kier alpha value is -2.33. The van der Waals surface area contributed by atoms with Crippen LogP contribution < -0.4 is 15.8 Å². The number of carboxylic acid groups (broad SMARTS) is 1. The molecule has 0 fully saturated rings. The molecule has 116 valence electrons. The molecule has 0 unspecified atom stereocenters. The molecule has 0 radical (unpaired) electrons. The first-order chi connectivity index (χ1) is 9.70. The summed E-state index contributed by atoms with van der Waals surface area (Å²) in [6, 6.07) is 5.10. The Labute approximate surface area is 121 Å². The third kappa shape index (κ3) is 5.67. The standard InChI is InChI=1S/C11H16N4O5S/c1-15(7-6-10(16)17)21(19,20)14-9-4-2-8(3-5-9)13-11(12)18/h2-5,14H,6-7H2,1H3,(H,16,17)(H3,12,13,18). The van der Waals surface area contributed by atoms with E-state index >= 15 is 0 Å². The molecule has 0 bridgehead atoms. The highest BCUT2D eigenvalue weighted by molar-refractivity contribution is 7.90. The number of urea groups is 1. The maximum absolute atomic E-state index is 11.9. The number of nitrogens with one attached hydrogen (secondary N) is 2. The lowest BCUT2D eigenvalue weighted by Crippen LogP contribution is -2.34. The van der Waals surface area contributed by atoms with E-state index in [4.69, 9.17) is 10.8 Å². The summed E-state index contributed by atoms with van der Waals surface area (Å²) in [4.78, 5) is 21.1. The maximum Gasteiger partial charge on any atom is 0.316 e. The number of primary amides is 1. The Bertz CT molecular complexity index is 614. The van der Waals surface area contributed by atoms with Gasteiger partial charge in [-0.1, -0.05) is 0 Å². The highest BCUT2D eigenvalue weighted by atomic mass is 32.2. The van der Waals surface area contributed by atoms with Crippen molar-refractivity contribution in [2.45, 2.75) is 6.42 Å². The van der Waals surface area contributed by atoms with E-state index in [1.165, 1.54) is 31.3 Å². The number of anilines is 2. The van der Waals surface area contributed by atoms with Crippen LogP contribution in [-0.4, -0.2) is 43.4 Å². The molecule has 0 aliphatic rings. The zero-order valence-electron chi connectivity index (χ0n) is 11.2. The van der Waals surface area contributed by atoms with Crippen molar-refractivity contribution in [2.75, 3.05) is 23.6 Å². The van der Waals surface area contributed by atoms with Gasteiger partial charge in [0.2, 0.25) is 0 Å². The molecule has 5 N–H and O–H groups in total. The summed E-state index contributed by atoms with van der Waals surface area (Å²) in [5, 5.41) is 10.9. The van der Waals surface area contributed by atoms with Crippen molar-refractivity contribution in [2.24, 2.45) is 5.73 Å². The average Bonchev–Trinajstić information content (AvgIpc) is 2.37. The van der Waals surface area contributed by atoms with Crippen LogP contribution >= 0.6 is 0 Å². The van der Waals surface area contributed by atoms with E-state index in [-0.39, 0.29) is 18.7 Å². The van der Waals surface area contributed by atoms with Crippen molar-refractivity contribution in [1.29, 1.82) is 0 Å². The van der Waals surface area contributed by atoms with E-state index in [1.807, 2.05) is 0 Å². The fourth-order valence-corrected chi connectivity index (χ4v) is 2.29. The average molecular weight is 316 g/mol. The van der Waals surface area contributed by atoms with Crippen molar-refractivity contribution >= 4 is 33.6 Å². The molecular formula is C11H16N4O5S. The largest absolute Gasteiger partial charge is 0.481 e. The molecule has 21 heavy (non-hydrogen) atoms. The third-order valence-electron chi connectivity index (χ3n) is 2.45.